The molecule has 0 spiro atoms. The van der Waals surface area contributed by atoms with Crippen molar-refractivity contribution in [1.82, 2.24) is 4.90 Å². The molecule has 0 saturated carbocycles. The molecule has 2 rings (SSSR count). The van der Waals surface area contributed by atoms with Crippen molar-refractivity contribution in [3.05, 3.63) is 29.3 Å². The van der Waals surface area contributed by atoms with Gasteiger partial charge in [-0.05, 0) is 39.3 Å². The molecule has 1 aliphatic rings. The van der Waals surface area contributed by atoms with Crippen molar-refractivity contribution in [1.29, 1.82) is 0 Å². The van der Waals surface area contributed by atoms with E-state index in [1.807, 2.05) is 18.7 Å². The van der Waals surface area contributed by atoms with Crippen LogP contribution in [-0.4, -0.2) is 41.9 Å². The molecule has 1 saturated heterocycles. The summed E-state index contributed by atoms with van der Waals surface area (Å²) in [5.74, 6) is 0.708. The third-order valence-corrected chi connectivity index (χ3v) is 4.77. The van der Waals surface area contributed by atoms with E-state index in [1.165, 1.54) is 16.0 Å². The molecule has 0 bridgehead atoms. The number of hydrogen-bond acceptors (Lipinski definition) is 3. The van der Waals surface area contributed by atoms with E-state index >= 15 is 0 Å². The number of carbonyl (C=O) groups excluding carboxylic acids is 1. The monoisotopic (exact) mass is 293 g/mol. The first-order valence-electron chi connectivity index (χ1n) is 7.08. The van der Waals surface area contributed by atoms with Crippen LogP contribution in [0.1, 0.15) is 25.0 Å². The summed E-state index contributed by atoms with van der Waals surface area (Å²) < 4.78 is 5.57. The lowest BCUT2D eigenvalue weighted by Gasteiger charge is -2.36. The first kappa shape index (κ1) is 15.4. The van der Waals surface area contributed by atoms with Crippen molar-refractivity contribution < 1.29 is 9.53 Å². The van der Waals surface area contributed by atoms with Gasteiger partial charge in [0.1, 0.15) is 0 Å². The number of ether oxygens (including phenoxy) is 1. The van der Waals surface area contributed by atoms with Crippen molar-refractivity contribution in [3.8, 4) is 0 Å². The molecule has 0 aliphatic carbocycles. The van der Waals surface area contributed by atoms with Crippen molar-refractivity contribution in [3.63, 3.8) is 0 Å². The molecule has 1 fully saturated rings. The first-order valence-corrected chi connectivity index (χ1v) is 8.07. The van der Waals surface area contributed by atoms with Crippen LogP contribution in [0.4, 0.5) is 0 Å². The van der Waals surface area contributed by atoms with Gasteiger partial charge in [0, 0.05) is 11.4 Å². The average molecular weight is 293 g/mol. The number of rotatable bonds is 3. The summed E-state index contributed by atoms with van der Waals surface area (Å²) in [6.45, 7) is 9.58. The second-order valence-electron chi connectivity index (χ2n) is 5.60. The molecule has 1 heterocycles. The van der Waals surface area contributed by atoms with E-state index in [9.17, 15) is 4.79 Å². The van der Waals surface area contributed by atoms with Gasteiger partial charge in [-0.2, -0.15) is 0 Å². The molecular formula is C16H23NO2S. The lowest BCUT2D eigenvalue weighted by molar-refractivity contribution is -0.140. The highest BCUT2D eigenvalue weighted by Crippen LogP contribution is 2.24. The maximum atomic E-state index is 12.4. The van der Waals surface area contributed by atoms with E-state index in [2.05, 4.69) is 32.0 Å². The maximum Gasteiger partial charge on any atom is 0.233 e. The van der Waals surface area contributed by atoms with E-state index in [1.54, 1.807) is 11.8 Å². The second-order valence-corrected chi connectivity index (χ2v) is 6.61. The topological polar surface area (TPSA) is 29.5 Å². The molecule has 1 aliphatic heterocycles. The van der Waals surface area contributed by atoms with Crippen molar-refractivity contribution in [2.24, 2.45) is 0 Å². The SMILES string of the molecule is Cc1ccc(C)c(SCC(=O)N2CC(C)OCC2C)c1. The number of carbonyl (C=O) groups is 1. The standard InChI is InChI=1S/C16H23NO2S/c1-11-5-6-12(2)15(7-11)20-10-16(18)17-8-14(4)19-9-13(17)3/h5-7,13-14H,8-10H2,1-4H3. The molecule has 0 radical (unpaired) electrons. The van der Waals surface area contributed by atoms with Crippen LogP contribution in [0.2, 0.25) is 0 Å². The third kappa shape index (κ3) is 3.76. The van der Waals surface area contributed by atoms with Gasteiger partial charge in [-0.25, -0.2) is 0 Å². The minimum atomic E-state index is 0.140. The normalized spacial score (nSPS) is 22.9. The molecule has 1 amide bonds. The molecule has 20 heavy (non-hydrogen) atoms. The predicted octanol–water partition coefficient (Wildman–Crippen LogP) is 3.03. The Kier molecular flexibility index (Phi) is 5.11. The van der Waals surface area contributed by atoms with Crippen LogP contribution < -0.4 is 0 Å². The Hall–Kier alpha value is -1.00. The van der Waals surface area contributed by atoms with Gasteiger partial charge in [0.2, 0.25) is 5.91 Å². The summed E-state index contributed by atoms with van der Waals surface area (Å²) in [7, 11) is 0. The van der Waals surface area contributed by atoms with E-state index in [-0.39, 0.29) is 18.1 Å². The van der Waals surface area contributed by atoms with Gasteiger partial charge < -0.3 is 9.64 Å². The summed E-state index contributed by atoms with van der Waals surface area (Å²) in [6, 6.07) is 6.55. The summed E-state index contributed by atoms with van der Waals surface area (Å²) >= 11 is 1.63. The summed E-state index contributed by atoms with van der Waals surface area (Å²) in [6.07, 6.45) is 0.140. The van der Waals surface area contributed by atoms with Crippen LogP contribution in [0, 0.1) is 13.8 Å². The zero-order valence-corrected chi connectivity index (χ0v) is 13.5. The fourth-order valence-corrected chi connectivity index (χ4v) is 3.35. The van der Waals surface area contributed by atoms with E-state index in [4.69, 9.17) is 4.74 Å². The molecule has 2 unspecified atom stereocenters. The van der Waals surface area contributed by atoms with Gasteiger partial charge in [-0.1, -0.05) is 17.7 Å². The zero-order valence-electron chi connectivity index (χ0n) is 12.7. The Labute approximate surface area is 125 Å². The summed E-state index contributed by atoms with van der Waals surface area (Å²) in [4.78, 5) is 15.5. The van der Waals surface area contributed by atoms with Crippen LogP contribution in [0.15, 0.2) is 23.1 Å². The molecular weight excluding hydrogens is 270 g/mol. The van der Waals surface area contributed by atoms with Crippen LogP contribution in [0.25, 0.3) is 0 Å². The van der Waals surface area contributed by atoms with Crippen molar-refractivity contribution in [2.45, 2.75) is 44.7 Å². The maximum absolute atomic E-state index is 12.4. The lowest BCUT2D eigenvalue weighted by atomic mass is 10.2. The third-order valence-electron chi connectivity index (χ3n) is 3.62. The highest BCUT2D eigenvalue weighted by Gasteiger charge is 2.27. The van der Waals surface area contributed by atoms with E-state index < -0.39 is 0 Å². The Morgan fingerprint density at radius 3 is 2.90 bits per heavy atom. The lowest BCUT2D eigenvalue weighted by Crippen LogP contribution is -2.50. The van der Waals surface area contributed by atoms with Crippen molar-refractivity contribution in [2.75, 3.05) is 18.9 Å². The van der Waals surface area contributed by atoms with Crippen LogP contribution >= 0.6 is 11.8 Å². The van der Waals surface area contributed by atoms with Gasteiger partial charge >= 0.3 is 0 Å². The number of hydrogen-bond donors (Lipinski definition) is 0. The molecule has 110 valence electrons. The molecule has 1 aromatic rings. The summed E-state index contributed by atoms with van der Waals surface area (Å²) in [5, 5.41) is 0. The van der Waals surface area contributed by atoms with Gasteiger partial charge in [-0.15, -0.1) is 11.8 Å². The molecule has 3 nitrogen and oxygen atoms in total. The fourth-order valence-electron chi connectivity index (χ4n) is 2.34. The van der Waals surface area contributed by atoms with Crippen LogP contribution in [-0.2, 0) is 9.53 Å². The van der Waals surface area contributed by atoms with Gasteiger partial charge in [-0.3, -0.25) is 4.79 Å². The number of thioether (sulfide) groups is 1. The number of morpholine rings is 1. The number of amides is 1. The number of benzene rings is 1. The first-order chi connectivity index (χ1) is 9.47. The van der Waals surface area contributed by atoms with Gasteiger partial charge in [0.15, 0.2) is 0 Å². The Morgan fingerprint density at radius 2 is 2.15 bits per heavy atom. The van der Waals surface area contributed by atoms with Crippen LogP contribution in [0.5, 0.6) is 0 Å². The smallest absolute Gasteiger partial charge is 0.233 e. The highest BCUT2D eigenvalue weighted by molar-refractivity contribution is 8.00. The number of aryl methyl sites for hydroxylation is 2. The van der Waals surface area contributed by atoms with E-state index in [0.29, 0.717) is 18.9 Å². The largest absolute Gasteiger partial charge is 0.375 e. The molecule has 1 aromatic carbocycles. The van der Waals surface area contributed by atoms with Crippen molar-refractivity contribution >= 4 is 17.7 Å². The molecule has 2 atom stereocenters. The summed E-state index contributed by atoms with van der Waals surface area (Å²) in [5.41, 5.74) is 2.47. The molecule has 4 heteroatoms. The minimum absolute atomic E-state index is 0.140. The predicted molar refractivity (Wildman–Crippen MR) is 83.2 cm³/mol. The van der Waals surface area contributed by atoms with E-state index in [0.717, 1.165) is 0 Å². The Balaban J connectivity index is 1.96. The molecule has 0 aromatic heterocycles. The van der Waals surface area contributed by atoms with Gasteiger partial charge in [0.25, 0.3) is 0 Å². The number of nitrogens with zero attached hydrogens (tertiary/aromatic N) is 1. The van der Waals surface area contributed by atoms with Gasteiger partial charge in [0.05, 0.1) is 24.5 Å². The Bertz CT molecular complexity index is 489. The quantitative estimate of drug-likeness (QED) is 0.802. The fraction of sp³-hybridized carbons (Fsp3) is 0.562. The average Bonchev–Trinajstić information content (AvgIpc) is 2.42. The molecule has 0 N–H and O–H groups in total. The zero-order chi connectivity index (χ0) is 14.7. The highest BCUT2D eigenvalue weighted by atomic mass is 32.2. The second kappa shape index (κ2) is 6.64. The minimum Gasteiger partial charge on any atom is -0.375 e. The Morgan fingerprint density at radius 1 is 1.40 bits per heavy atom. The van der Waals surface area contributed by atoms with Crippen LogP contribution in [0.3, 0.4) is 0 Å².